The van der Waals surface area contributed by atoms with Crippen molar-refractivity contribution >= 4 is 11.1 Å². The van der Waals surface area contributed by atoms with Crippen LogP contribution in [0.15, 0.2) is 36.8 Å². The molecule has 1 fully saturated rings. The molecular weight excluding hydrogens is 362 g/mol. The Labute approximate surface area is 162 Å². The highest BCUT2D eigenvalue weighted by molar-refractivity contribution is 5.75. The number of aromatic nitrogens is 2. The zero-order chi connectivity index (χ0) is 20.5. The third-order valence-corrected chi connectivity index (χ3v) is 4.82. The highest BCUT2D eigenvalue weighted by atomic mass is 16.5. The van der Waals surface area contributed by atoms with Crippen molar-refractivity contribution in [2.75, 3.05) is 13.1 Å². The van der Waals surface area contributed by atoms with Crippen LogP contribution >= 0.6 is 0 Å². The average Bonchev–Trinajstić information content (AvgIpc) is 2.58. The van der Waals surface area contributed by atoms with Gasteiger partial charge in [0.1, 0.15) is 11.0 Å². The van der Waals surface area contributed by atoms with Crippen LogP contribution in [0.2, 0.25) is 0 Å². The number of nitrogens with one attached hydrogen (secondary N) is 2. The molecule has 0 aromatic carbocycles. The van der Waals surface area contributed by atoms with Crippen LogP contribution in [0.25, 0.3) is 11.1 Å². The summed E-state index contributed by atoms with van der Waals surface area (Å²) >= 11 is 0. The number of allylic oxidation sites excluding steroid dienone is 1. The molecule has 1 saturated heterocycles. The lowest BCUT2D eigenvalue weighted by molar-refractivity contribution is -0.00702. The number of hydrogen-bond donors (Lipinski definition) is 2. The first-order chi connectivity index (χ1) is 13.2. The number of rotatable bonds is 4. The summed E-state index contributed by atoms with van der Waals surface area (Å²) in [6.07, 6.45) is 4.38. The van der Waals surface area contributed by atoms with Gasteiger partial charge >= 0.3 is 11.3 Å². The van der Waals surface area contributed by atoms with Crippen LogP contribution in [0.5, 0.6) is 0 Å². The molecule has 152 valence electrons. The molecule has 3 rings (SSSR count). The summed E-state index contributed by atoms with van der Waals surface area (Å²) in [5, 5.41) is 0.242. The molecule has 28 heavy (non-hydrogen) atoms. The molecule has 2 aromatic heterocycles. The number of hydrogen-bond acceptors (Lipinski definition) is 6. The van der Waals surface area contributed by atoms with Crippen LogP contribution in [0.3, 0.4) is 0 Å². The maximum Gasteiger partial charge on any atom is 0.337 e. The Morgan fingerprint density at radius 2 is 1.93 bits per heavy atom. The Hall–Kier alpha value is -2.77. The van der Waals surface area contributed by atoms with Crippen LogP contribution in [-0.2, 0) is 11.2 Å². The standard InChI is InChI=1S/C20H27N3O5/c1-5-14(28-20(2,3)4)23-8-6-12(7-9-23)10-13-11-15(24)27-18-16(13)17(25)21-19(26)22-18/h5,11-12H,6-10H2,1-4H3,(H2,21,22,25,26). The van der Waals surface area contributed by atoms with Gasteiger partial charge in [0, 0.05) is 19.2 Å². The highest BCUT2D eigenvalue weighted by Gasteiger charge is 2.25. The molecule has 8 nitrogen and oxygen atoms in total. The Bertz CT molecular complexity index is 1040. The van der Waals surface area contributed by atoms with Gasteiger partial charge in [-0.05, 0) is 64.5 Å². The minimum atomic E-state index is -0.691. The summed E-state index contributed by atoms with van der Waals surface area (Å²) in [6.45, 7) is 9.72. The molecule has 3 heterocycles. The molecule has 0 unspecified atom stereocenters. The smallest absolute Gasteiger partial charge is 0.337 e. The fourth-order valence-corrected chi connectivity index (χ4v) is 3.63. The van der Waals surface area contributed by atoms with Gasteiger partial charge in [-0.2, -0.15) is 0 Å². The molecule has 0 spiro atoms. The zero-order valence-corrected chi connectivity index (χ0v) is 16.8. The van der Waals surface area contributed by atoms with Crippen molar-refractivity contribution in [3.63, 3.8) is 0 Å². The number of likely N-dealkylation sites (tertiary alicyclic amines) is 1. The molecule has 8 heteroatoms. The topological polar surface area (TPSA) is 108 Å². The molecule has 1 aliphatic rings. The van der Waals surface area contributed by atoms with E-state index >= 15 is 0 Å². The van der Waals surface area contributed by atoms with E-state index in [1.54, 1.807) is 0 Å². The molecule has 0 bridgehead atoms. The van der Waals surface area contributed by atoms with Crippen molar-refractivity contribution in [3.05, 3.63) is 54.8 Å². The molecule has 2 aromatic rings. The van der Waals surface area contributed by atoms with E-state index in [4.69, 9.17) is 9.15 Å². The summed E-state index contributed by atoms with van der Waals surface area (Å²) in [5.41, 5.74) is -1.51. The predicted molar refractivity (Wildman–Crippen MR) is 106 cm³/mol. The van der Waals surface area contributed by atoms with Crippen molar-refractivity contribution in [1.29, 1.82) is 0 Å². The van der Waals surface area contributed by atoms with Crippen molar-refractivity contribution in [2.45, 2.75) is 52.6 Å². The van der Waals surface area contributed by atoms with Crippen molar-refractivity contribution in [3.8, 4) is 0 Å². The molecule has 0 saturated carbocycles. The quantitative estimate of drug-likeness (QED) is 0.775. The molecular formula is C20H27N3O5. The van der Waals surface area contributed by atoms with Crippen LogP contribution < -0.4 is 16.9 Å². The first-order valence-electron chi connectivity index (χ1n) is 9.56. The van der Waals surface area contributed by atoms with Gasteiger partial charge in [0.05, 0.1) is 0 Å². The number of fused-ring (bicyclic) bond motifs is 1. The number of nitrogens with zero attached hydrogens (tertiary/aromatic N) is 1. The van der Waals surface area contributed by atoms with Crippen molar-refractivity contribution < 1.29 is 9.15 Å². The molecule has 0 amide bonds. The summed E-state index contributed by atoms with van der Waals surface area (Å²) in [5.74, 6) is 1.20. The SMILES string of the molecule is CC=C(OC(C)(C)C)N1CCC(Cc2cc(=O)oc3[nH]c(=O)[nH]c(=O)c23)CC1. The van der Waals surface area contributed by atoms with Gasteiger partial charge in [-0.25, -0.2) is 9.59 Å². The van der Waals surface area contributed by atoms with Gasteiger partial charge in [-0.15, -0.1) is 0 Å². The van der Waals surface area contributed by atoms with Gasteiger partial charge in [0.15, 0.2) is 5.88 Å². The number of piperidine rings is 1. The van der Waals surface area contributed by atoms with Crippen LogP contribution in [0.1, 0.15) is 46.1 Å². The van der Waals surface area contributed by atoms with E-state index in [0.29, 0.717) is 17.9 Å². The Balaban J connectivity index is 1.76. The number of H-pyrrole nitrogens is 2. The van der Waals surface area contributed by atoms with Gasteiger partial charge in [0.25, 0.3) is 5.56 Å². The van der Waals surface area contributed by atoms with Gasteiger partial charge < -0.3 is 14.1 Å². The molecule has 1 aliphatic heterocycles. The summed E-state index contributed by atoms with van der Waals surface area (Å²) in [4.78, 5) is 42.3. The van der Waals surface area contributed by atoms with Crippen LogP contribution in [0.4, 0.5) is 0 Å². The molecule has 0 aliphatic carbocycles. The molecule has 2 N–H and O–H groups in total. The highest BCUT2D eigenvalue weighted by Crippen LogP contribution is 2.27. The van der Waals surface area contributed by atoms with E-state index in [1.165, 1.54) is 6.07 Å². The number of aromatic amines is 2. The van der Waals surface area contributed by atoms with Gasteiger partial charge in [-0.1, -0.05) is 0 Å². The maximum absolute atomic E-state index is 12.2. The van der Waals surface area contributed by atoms with Crippen molar-refractivity contribution in [2.24, 2.45) is 5.92 Å². The summed E-state index contributed by atoms with van der Waals surface area (Å²) < 4.78 is 11.0. The zero-order valence-electron chi connectivity index (χ0n) is 16.8. The lowest BCUT2D eigenvalue weighted by Crippen LogP contribution is -2.37. The third-order valence-electron chi connectivity index (χ3n) is 4.82. The second-order valence-electron chi connectivity index (χ2n) is 8.18. The van der Waals surface area contributed by atoms with E-state index < -0.39 is 16.9 Å². The maximum atomic E-state index is 12.2. The Morgan fingerprint density at radius 3 is 2.54 bits per heavy atom. The first kappa shape index (κ1) is 20.0. The molecule has 0 radical (unpaired) electrons. The summed E-state index contributed by atoms with van der Waals surface area (Å²) in [6, 6.07) is 1.35. The second-order valence-corrected chi connectivity index (χ2v) is 8.18. The fraction of sp³-hybridized carbons (Fsp3) is 0.550. The van der Waals surface area contributed by atoms with E-state index in [0.717, 1.165) is 31.8 Å². The average molecular weight is 389 g/mol. The lowest BCUT2D eigenvalue weighted by atomic mass is 9.89. The van der Waals surface area contributed by atoms with Crippen LogP contribution in [-0.4, -0.2) is 33.6 Å². The van der Waals surface area contributed by atoms with Gasteiger partial charge in [0.2, 0.25) is 5.71 Å². The largest absolute Gasteiger partial charge is 0.474 e. The van der Waals surface area contributed by atoms with E-state index in [9.17, 15) is 14.4 Å². The Kier molecular flexibility index (Phi) is 5.49. The molecule has 0 atom stereocenters. The van der Waals surface area contributed by atoms with E-state index in [1.807, 2.05) is 33.8 Å². The van der Waals surface area contributed by atoms with Crippen molar-refractivity contribution in [1.82, 2.24) is 14.9 Å². The monoisotopic (exact) mass is 389 g/mol. The lowest BCUT2D eigenvalue weighted by Gasteiger charge is -2.37. The normalized spacial score (nSPS) is 16.6. The Morgan fingerprint density at radius 1 is 1.25 bits per heavy atom. The minimum absolute atomic E-state index is 0.0662. The van der Waals surface area contributed by atoms with E-state index in [-0.39, 0.29) is 16.7 Å². The third kappa shape index (κ3) is 4.55. The minimum Gasteiger partial charge on any atom is -0.474 e. The second kappa shape index (κ2) is 7.69. The van der Waals surface area contributed by atoms with Gasteiger partial charge in [-0.3, -0.25) is 14.8 Å². The predicted octanol–water partition coefficient (Wildman–Crippen LogP) is 2.10. The van der Waals surface area contributed by atoms with Crippen LogP contribution in [0, 0.1) is 5.92 Å². The first-order valence-corrected chi connectivity index (χ1v) is 9.56. The fourth-order valence-electron chi connectivity index (χ4n) is 3.63. The van der Waals surface area contributed by atoms with E-state index in [2.05, 4.69) is 14.9 Å². The number of ether oxygens (including phenoxy) is 1. The summed E-state index contributed by atoms with van der Waals surface area (Å²) in [7, 11) is 0.